The molecular weight excluding hydrogens is 362 g/mol. The molecule has 1 heterocycles. The van der Waals surface area contributed by atoms with E-state index < -0.39 is 20.5 Å². The van der Waals surface area contributed by atoms with Gasteiger partial charge in [0.2, 0.25) is 10.0 Å². The van der Waals surface area contributed by atoms with Gasteiger partial charge >= 0.3 is 0 Å². The van der Waals surface area contributed by atoms with E-state index in [0.29, 0.717) is 12.2 Å². The molecule has 2 aromatic rings. The molecule has 25 heavy (non-hydrogen) atoms. The second-order valence-corrected chi connectivity index (χ2v) is 9.41. The minimum absolute atomic E-state index is 0.123. The number of thiophene rings is 1. The fourth-order valence-electron chi connectivity index (χ4n) is 2.32. The number of nitrogens with zero attached hydrogens (tertiary/aromatic N) is 2. The predicted molar refractivity (Wildman–Crippen MR) is 99.6 cm³/mol. The highest BCUT2D eigenvalue weighted by Gasteiger charge is 2.26. The molecular formula is C16H21N3O4S2. The highest BCUT2D eigenvalue weighted by Crippen LogP contribution is 2.31. The number of nitrogens with one attached hydrogen (secondary N) is 1. The van der Waals surface area contributed by atoms with Gasteiger partial charge in [-0.1, -0.05) is 6.07 Å². The van der Waals surface area contributed by atoms with Crippen LogP contribution in [0.2, 0.25) is 0 Å². The lowest BCUT2D eigenvalue weighted by molar-refractivity contribution is -0.384. The molecule has 0 aliphatic rings. The Kier molecular flexibility index (Phi) is 5.50. The quantitative estimate of drug-likeness (QED) is 0.610. The van der Waals surface area contributed by atoms with E-state index in [1.807, 2.05) is 17.5 Å². The van der Waals surface area contributed by atoms with Gasteiger partial charge in [-0.3, -0.25) is 10.1 Å². The van der Waals surface area contributed by atoms with E-state index in [1.165, 1.54) is 12.1 Å². The largest absolute Gasteiger partial charge is 0.364 e. The molecule has 1 aromatic heterocycles. The number of nitro benzene ring substituents is 1. The molecule has 0 bridgehead atoms. The molecule has 0 aliphatic heterocycles. The van der Waals surface area contributed by atoms with Crippen LogP contribution in [0.25, 0.3) is 0 Å². The zero-order valence-electron chi connectivity index (χ0n) is 14.5. The van der Waals surface area contributed by atoms with Crippen molar-refractivity contribution in [2.45, 2.75) is 37.8 Å². The second kappa shape index (κ2) is 7.11. The normalized spacial score (nSPS) is 12.2. The summed E-state index contributed by atoms with van der Waals surface area (Å²) in [5.41, 5.74) is -0.550. The molecule has 0 saturated heterocycles. The van der Waals surface area contributed by atoms with Crippen LogP contribution in [-0.2, 0) is 16.6 Å². The average Bonchev–Trinajstić information content (AvgIpc) is 2.96. The van der Waals surface area contributed by atoms with Crippen molar-refractivity contribution in [2.24, 2.45) is 0 Å². The molecule has 136 valence electrons. The monoisotopic (exact) mass is 383 g/mol. The Morgan fingerprint density at radius 3 is 2.48 bits per heavy atom. The van der Waals surface area contributed by atoms with Crippen molar-refractivity contribution in [3.8, 4) is 0 Å². The van der Waals surface area contributed by atoms with Crippen LogP contribution in [0.4, 0.5) is 11.4 Å². The van der Waals surface area contributed by atoms with E-state index in [-0.39, 0.29) is 10.6 Å². The van der Waals surface area contributed by atoms with Crippen molar-refractivity contribution in [3.63, 3.8) is 0 Å². The van der Waals surface area contributed by atoms with Crippen LogP contribution in [0, 0.1) is 10.1 Å². The Bertz CT molecular complexity index is 856. The topological polar surface area (TPSA) is 92.6 Å². The van der Waals surface area contributed by atoms with Crippen LogP contribution in [0.1, 0.15) is 25.6 Å². The maximum Gasteiger partial charge on any atom is 0.293 e. The molecule has 7 nitrogen and oxygen atoms in total. The van der Waals surface area contributed by atoms with Gasteiger partial charge in [0, 0.05) is 23.5 Å². The molecule has 0 aliphatic carbocycles. The van der Waals surface area contributed by atoms with Gasteiger partial charge in [-0.2, -0.15) is 0 Å². The van der Waals surface area contributed by atoms with Crippen molar-refractivity contribution >= 4 is 32.7 Å². The number of nitro groups is 1. The molecule has 1 N–H and O–H groups in total. The lowest BCUT2D eigenvalue weighted by Gasteiger charge is -2.21. The fourth-order valence-corrected chi connectivity index (χ4v) is 4.52. The Balaban J connectivity index is 2.39. The molecule has 0 atom stereocenters. The number of rotatable bonds is 6. The number of sulfonamides is 1. The molecule has 0 saturated carbocycles. The Hall–Kier alpha value is -1.97. The molecule has 0 spiro atoms. The van der Waals surface area contributed by atoms with Crippen molar-refractivity contribution in [1.29, 1.82) is 0 Å². The second-order valence-electron chi connectivity index (χ2n) is 6.70. The van der Waals surface area contributed by atoms with Gasteiger partial charge in [0.1, 0.15) is 5.69 Å². The van der Waals surface area contributed by atoms with Gasteiger partial charge in [-0.15, -0.1) is 11.3 Å². The van der Waals surface area contributed by atoms with Crippen molar-refractivity contribution in [1.82, 2.24) is 4.72 Å². The smallest absolute Gasteiger partial charge is 0.293 e. The summed E-state index contributed by atoms with van der Waals surface area (Å²) in [5, 5.41) is 13.4. The van der Waals surface area contributed by atoms with E-state index in [0.717, 1.165) is 10.9 Å². The van der Waals surface area contributed by atoms with Gasteiger partial charge in [0.05, 0.1) is 16.4 Å². The molecule has 0 unspecified atom stereocenters. The minimum atomic E-state index is -3.84. The zero-order chi connectivity index (χ0) is 18.8. The first kappa shape index (κ1) is 19.4. The zero-order valence-corrected chi connectivity index (χ0v) is 16.1. The molecule has 0 fully saturated rings. The van der Waals surface area contributed by atoms with Crippen molar-refractivity contribution in [2.75, 3.05) is 11.9 Å². The van der Waals surface area contributed by atoms with Crippen LogP contribution in [0.5, 0.6) is 0 Å². The third kappa shape index (κ3) is 5.00. The summed E-state index contributed by atoms with van der Waals surface area (Å²) in [6.07, 6.45) is 0. The van der Waals surface area contributed by atoms with E-state index in [1.54, 1.807) is 44.1 Å². The molecule has 2 rings (SSSR count). The van der Waals surface area contributed by atoms with Crippen LogP contribution < -0.4 is 9.62 Å². The van der Waals surface area contributed by atoms with Gasteiger partial charge < -0.3 is 4.90 Å². The maximum atomic E-state index is 12.4. The number of hydrogen-bond donors (Lipinski definition) is 1. The lowest BCUT2D eigenvalue weighted by atomic mass is 10.1. The third-order valence-electron chi connectivity index (χ3n) is 3.28. The van der Waals surface area contributed by atoms with Crippen LogP contribution in [0.3, 0.4) is 0 Å². The van der Waals surface area contributed by atoms with Crippen LogP contribution in [0.15, 0.2) is 40.6 Å². The van der Waals surface area contributed by atoms with Gasteiger partial charge in [0.25, 0.3) is 5.69 Å². The lowest BCUT2D eigenvalue weighted by Crippen LogP contribution is -2.40. The first-order valence-electron chi connectivity index (χ1n) is 7.55. The Labute approximate surface area is 151 Å². The summed E-state index contributed by atoms with van der Waals surface area (Å²) in [6, 6.07) is 7.83. The van der Waals surface area contributed by atoms with E-state index >= 15 is 0 Å². The van der Waals surface area contributed by atoms with Gasteiger partial charge in [-0.25, -0.2) is 13.1 Å². The molecule has 0 radical (unpaired) electrons. The highest BCUT2D eigenvalue weighted by molar-refractivity contribution is 7.89. The highest BCUT2D eigenvalue weighted by atomic mass is 32.2. The SMILES string of the molecule is CN(Cc1cccs1)c1ccc(S(=O)(=O)NC(C)(C)C)cc1[N+](=O)[O-]. The van der Waals surface area contributed by atoms with E-state index in [9.17, 15) is 18.5 Å². The molecule has 9 heteroatoms. The standard InChI is InChI=1S/C16H21N3O4S2/c1-16(2,3)17-25(22,23)13-7-8-14(15(10-13)19(20)21)18(4)11-12-6-5-9-24-12/h5-10,17H,11H2,1-4H3. The predicted octanol–water partition coefficient (Wildman–Crippen LogP) is 3.37. The summed E-state index contributed by atoms with van der Waals surface area (Å²) in [7, 11) is -2.10. The van der Waals surface area contributed by atoms with E-state index in [4.69, 9.17) is 0 Å². The van der Waals surface area contributed by atoms with Crippen LogP contribution in [-0.4, -0.2) is 25.9 Å². The Morgan fingerprint density at radius 1 is 1.28 bits per heavy atom. The van der Waals surface area contributed by atoms with Gasteiger partial charge in [0.15, 0.2) is 0 Å². The van der Waals surface area contributed by atoms with Crippen molar-refractivity contribution in [3.05, 3.63) is 50.7 Å². The summed E-state index contributed by atoms with van der Waals surface area (Å²) in [6.45, 7) is 5.64. The summed E-state index contributed by atoms with van der Waals surface area (Å²) in [4.78, 5) is 13.6. The third-order valence-corrected chi connectivity index (χ3v) is 5.90. The first-order valence-corrected chi connectivity index (χ1v) is 9.92. The average molecular weight is 383 g/mol. The van der Waals surface area contributed by atoms with Gasteiger partial charge in [-0.05, 0) is 44.4 Å². The van der Waals surface area contributed by atoms with Crippen molar-refractivity contribution < 1.29 is 13.3 Å². The summed E-state index contributed by atoms with van der Waals surface area (Å²) >= 11 is 1.56. The Morgan fingerprint density at radius 2 is 1.96 bits per heavy atom. The molecule has 1 aromatic carbocycles. The summed E-state index contributed by atoms with van der Waals surface area (Å²) < 4.78 is 27.3. The number of anilines is 1. The number of benzene rings is 1. The first-order chi connectivity index (χ1) is 11.5. The molecule has 0 amide bonds. The van der Waals surface area contributed by atoms with Crippen LogP contribution >= 0.6 is 11.3 Å². The number of hydrogen-bond acceptors (Lipinski definition) is 6. The maximum absolute atomic E-state index is 12.4. The van der Waals surface area contributed by atoms with E-state index in [2.05, 4.69) is 4.72 Å². The minimum Gasteiger partial charge on any atom is -0.364 e. The fraction of sp³-hybridized carbons (Fsp3) is 0.375. The summed E-state index contributed by atoms with van der Waals surface area (Å²) in [5.74, 6) is 0.